The SMILES string of the molecule is CCc1c(-c2ccc(OC)cc2)c2cc(Br)cnc2n1S(=O)(=O)c1ccc(C)cc1. The Kier molecular flexibility index (Phi) is 5.42. The lowest BCUT2D eigenvalue weighted by Gasteiger charge is -2.12. The van der Waals surface area contributed by atoms with Crippen LogP contribution in [0.1, 0.15) is 18.2 Å². The van der Waals surface area contributed by atoms with E-state index < -0.39 is 10.0 Å². The minimum absolute atomic E-state index is 0.241. The summed E-state index contributed by atoms with van der Waals surface area (Å²) in [6, 6.07) is 16.4. The summed E-state index contributed by atoms with van der Waals surface area (Å²) in [5.74, 6) is 0.743. The Hall–Kier alpha value is -2.64. The summed E-state index contributed by atoms with van der Waals surface area (Å²) in [4.78, 5) is 4.73. The molecule has 4 aromatic rings. The van der Waals surface area contributed by atoms with Gasteiger partial charge in [-0.15, -0.1) is 0 Å². The molecular weight excluding hydrogens is 464 g/mol. The average molecular weight is 485 g/mol. The van der Waals surface area contributed by atoms with Crippen molar-refractivity contribution in [3.63, 3.8) is 0 Å². The summed E-state index contributed by atoms with van der Waals surface area (Å²) >= 11 is 3.48. The lowest BCUT2D eigenvalue weighted by atomic mass is 10.0. The van der Waals surface area contributed by atoms with Crippen molar-refractivity contribution in [2.45, 2.75) is 25.2 Å². The minimum Gasteiger partial charge on any atom is -0.497 e. The smallest absolute Gasteiger partial charge is 0.269 e. The Bertz CT molecular complexity index is 1330. The van der Waals surface area contributed by atoms with E-state index in [-0.39, 0.29) is 4.90 Å². The molecule has 154 valence electrons. The van der Waals surface area contributed by atoms with Crippen molar-refractivity contribution in [3.05, 3.63) is 76.5 Å². The third-order valence-corrected chi connectivity index (χ3v) is 7.28. The fraction of sp³-hybridized carbons (Fsp3) is 0.174. The highest BCUT2D eigenvalue weighted by Crippen LogP contribution is 2.38. The summed E-state index contributed by atoms with van der Waals surface area (Å²) < 4.78 is 34.8. The van der Waals surface area contributed by atoms with Crippen LogP contribution in [-0.2, 0) is 16.4 Å². The van der Waals surface area contributed by atoms with Gasteiger partial charge in [0.25, 0.3) is 10.0 Å². The first kappa shape index (κ1) is 20.6. The second kappa shape index (κ2) is 7.89. The van der Waals surface area contributed by atoms with Gasteiger partial charge in [-0.2, -0.15) is 0 Å². The summed E-state index contributed by atoms with van der Waals surface area (Å²) in [7, 11) is -2.21. The van der Waals surface area contributed by atoms with E-state index in [1.54, 1.807) is 37.6 Å². The summed E-state index contributed by atoms with van der Waals surface area (Å²) in [5.41, 5.74) is 3.89. The van der Waals surface area contributed by atoms with Crippen LogP contribution in [0.4, 0.5) is 0 Å². The first-order chi connectivity index (χ1) is 14.4. The van der Waals surface area contributed by atoms with Crippen LogP contribution in [-0.4, -0.2) is 24.5 Å². The predicted molar refractivity (Wildman–Crippen MR) is 123 cm³/mol. The van der Waals surface area contributed by atoms with Gasteiger partial charge in [-0.05, 0) is 65.2 Å². The molecule has 0 saturated heterocycles. The third kappa shape index (κ3) is 3.42. The van der Waals surface area contributed by atoms with Crippen molar-refractivity contribution in [2.24, 2.45) is 0 Å². The van der Waals surface area contributed by atoms with E-state index in [0.29, 0.717) is 17.8 Å². The number of fused-ring (bicyclic) bond motifs is 1. The number of methoxy groups -OCH3 is 1. The largest absolute Gasteiger partial charge is 0.497 e. The van der Waals surface area contributed by atoms with Crippen LogP contribution in [0.2, 0.25) is 0 Å². The van der Waals surface area contributed by atoms with Crippen molar-refractivity contribution in [2.75, 3.05) is 7.11 Å². The molecule has 0 radical (unpaired) electrons. The third-order valence-electron chi connectivity index (χ3n) is 5.10. The summed E-state index contributed by atoms with van der Waals surface area (Å²) in [5, 5.41) is 0.780. The van der Waals surface area contributed by atoms with Crippen molar-refractivity contribution < 1.29 is 13.2 Å². The molecule has 0 aliphatic carbocycles. The van der Waals surface area contributed by atoms with E-state index in [9.17, 15) is 8.42 Å². The molecule has 0 fully saturated rings. The Morgan fingerprint density at radius 1 is 1.07 bits per heavy atom. The van der Waals surface area contributed by atoms with Crippen LogP contribution < -0.4 is 4.74 Å². The molecule has 2 aromatic heterocycles. The van der Waals surface area contributed by atoms with E-state index in [2.05, 4.69) is 20.9 Å². The maximum atomic E-state index is 13.7. The Morgan fingerprint density at radius 3 is 2.33 bits per heavy atom. The quantitative estimate of drug-likeness (QED) is 0.370. The van der Waals surface area contributed by atoms with Gasteiger partial charge in [-0.3, -0.25) is 0 Å². The van der Waals surface area contributed by atoms with E-state index in [0.717, 1.165) is 32.3 Å². The number of ether oxygens (including phenoxy) is 1. The van der Waals surface area contributed by atoms with E-state index >= 15 is 0 Å². The zero-order valence-corrected chi connectivity index (χ0v) is 19.3. The average Bonchev–Trinajstić information content (AvgIpc) is 3.08. The highest BCUT2D eigenvalue weighted by molar-refractivity contribution is 9.10. The van der Waals surface area contributed by atoms with E-state index in [4.69, 9.17) is 4.74 Å². The lowest BCUT2D eigenvalue weighted by molar-refractivity contribution is 0.415. The van der Waals surface area contributed by atoms with Crippen LogP contribution in [0.5, 0.6) is 5.75 Å². The van der Waals surface area contributed by atoms with Gasteiger partial charge in [0.15, 0.2) is 5.65 Å². The standard InChI is InChI=1S/C23H21BrN2O3S/c1-4-21-22(16-7-9-18(29-3)10-8-16)20-13-17(24)14-25-23(20)26(21)30(27,28)19-11-5-15(2)6-12-19/h5-14H,4H2,1-3H3. The van der Waals surface area contributed by atoms with Crippen LogP contribution in [0.25, 0.3) is 22.2 Å². The molecule has 30 heavy (non-hydrogen) atoms. The van der Waals surface area contributed by atoms with Gasteiger partial charge in [-0.1, -0.05) is 36.8 Å². The number of nitrogens with zero attached hydrogens (tertiary/aromatic N) is 2. The molecular formula is C23H21BrN2O3S. The fourth-order valence-electron chi connectivity index (χ4n) is 3.64. The zero-order valence-electron chi connectivity index (χ0n) is 16.9. The van der Waals surface area contributed by atoms with Gasteiger partial charge in [-0.25, -0.2) is 17.4 Å². The molecule has 0 aliphatic heterocycles. The highest BCUT2D eigenvalue weighted by Gasteiger charge is 2.27. The van der Waals surface area contributed by atoms with Gasteiger partial charge in [0, 0.05) is 27.3 Å². The summed E-state index contributed by atoms with van der Waals surface area (Å²) in [6.45, 7) is 3.89. The number of halogens is 1. The number of pyridine rings is 1. The molecule has 0 amide bonds. The van der Waals surface area contributed by atoms with Crippen molar-refractivity contribution in [3.8, 4) is 16.9 Å². The number of aryl methyl sites for hydroxylation is 1. The molecule has 0 N–H and O–H groups in total. The monoisotopic (exact) mass is 484 g/mol. The van der Waals surface area contributed by atoms with Gasteiger partial charge < -0.3 is 4.74 Å². The van der Waals surface area contributed by atoms with Crippen LogP contribution in [0.15, 0.2) is 70.2 Å². The van der Waals surface area contributed by atoms with E-state index in [1.807, 2.05) is 44.2 Å². The maximum Gasteiger partial charge on any atom is 0.269 e. The second-order valence-corrected chi connectivity index (χ2v) is 9.71. The normalized spacial score (nSPS) is 11.7. The Labute approximate surface area is 184 Å². The Morgan fingerprint density at radius 2 is 1.73 bits per heavy atom. The zero-order chi connectivity index (χ0) is 21.5. The maximum absolute atomic E-state index is 13.7. The van der Waals surface area contributed by atoms with Crippen molar-refractivity contribution in [1.29, 1.82) is 0 Å². The molecule has 7 heteroatoms. The fourth-order valence-corrected chi connectivity index (χ4v) is 5.54. The number of hydrogen-bond acceptors (Lipinski definition) is 4. The van der Waals surface area contributed by atoms with Crippen LogP contribution >= 0.6 is 15.9 Å². The van der Waals surface area contributed by atoms with Gasteiger partial charge in [0.2, 0.25) is 0 Å². The molecule has 5 nitrogen and oxygen atoms in total. The molecule has 4 rings (SSSR count). The molecule has 0 aliphatic rings. The molecule has 2 heterocycles. The number of aromatic nitrogens is 2. The van der Waals surface area contributed by atoms with Crippen LogP contribution in [0, 0.1) is 6.92 Å². The Balaban J connectivity index is 2.06. The second-order valence-electron chi connectivity index (χ2n) is 7.01. The van der Waals surface area contributed by atoms with Gasteiger partial charge >= 0.3 is 0 Å². The number of benzene rings is 2. The van der Waals surface area contributed by atoms with Crippen molar-refractivity contribution in [1.82, 2.24) is 8.96 Å². The molecule has 0 atom stereocenters. The first-order valence-electron chi connectivity index (χ1n) is 9.52. The van der Waals surface area contributed by atoms with E-state index in [1.165, 1.54) is 3.97 Å². The molecule has 0 unspecified atom stereocenters. The molecule has 2 aromatic carbocycles. The van der Waals surface area contributed by atoms with Crippen molar-refractivity contribution >= 4 is 37.0 Å². The number of rotatable bonds is 5. The topological polar surface area (TPSA) is 61.2 Å². The van der Waals surface area contributed by atoms with Gasteiger partial charge in [0.05, 0.1) is 12.0 Å². The molecule has 0 spiro atoms. The summed E-state index contributed by atoms with van der Waals surface area (Å²) in [6.07, 6.45) is 2.15. The predicted octanol–water partition coefficient (Wildman–Crippen LogP) is 5.58. The van der Waals surface area contributed by atoms with Gasteiger partial charge in [0.1, 0.15) is 5.75 Å². The molecule has 0 bridgehead atoms. The van der Waals surface area contributed by atoms with Crippen LogP contribution in [0.3, 0.4) is 0 Å². The highest BCUT2D eigenvalue weighted by atomic mass is 79.9. The minimum atomic E-state index is -3.82. The lowest BCUT2D eigenvalue weighted by Crippen LogP contribution is -2.16. The number of hydrogen-bond donors (Lipinski definition) is 0. The molecule has 0 saturated carbocycles. The first-order valence-corrected chi connectivity index (χ1v) is 11.8.